The Balaban J connectivity index is 1.95. The molecule has 110 valence electrons. The number of primary amides is 1. The Morgan fingerprint density at radius 2 is 1.95 bits per heavy atom. The summed E-state index contributed by atoms with van der Waals surface area (Å²) < 4.78 is 0. The fourth-order valence-electron chi connectivity index (χ4n) is 1.76. The molecule has 0 saturated carbocycles. The smallest absolute Gasteiger partial charge is 0.271 e. The molecule has 0 bridgehead atoms. The number of rotatable bonds is 4. The molecule has 10 nitrogen and oxygen atoms in total. The molecule has 0 unspecified atom stereocenters. The maximum Gasteiger partial charge on any atom is 0.271 e. The van der Waals surface area contributed by atoms with E-state index in [1.807, 2.05) is 0 Å². The first-order chi connectivity index (χ1) is 10.6. The summed E-state index contributed by atoms with van der Waals surface area (Å²) in [4.78, 5) is 17.1. The van der Waals surface area contributed by atoms with Crippen LogP contribution in [-0.4, -0.2) is 36.1 Å². The number of hydrogen-bond acceptors (Lipinski definition) is 8. The molecule has 0 atom stereocenters. The fourth-order valence-corrected chi connectivity index (χ4v) is 1.76. The Morgan fingerprint density at radius 1 is 1.18 bits per heavy atom. The highest BCUT2D eigenvalue weighted by Crippen LogP contribution is 2.19. The first-order valence-electron chi connectivity index (χ1n) is 6.17. The maximum atomic E-state index is 11.4. The molecule has 3 rings (SSSR count). The highest BCUT2D eigenvalue weighted by atomic mass is 16.1. The van der Waals surface area contributed by atoms with Gasteiger partial charge in [-0.2, -0.15) is 10.2 Å². The third-order valence-corrected chi connectivity index (χ3v) is 2.67. The Labute approximate surface area is 124 Å². The summed E-state index contributed by atoms with van der Waals surface area (Å²) in [5.74, 6) is 0.382. The second kappa shape index (κ2) is 5.44. The number of nitrogens with two attached hydrogens (primary N) is 2. The van der Waals surface area contributed by atoms with Crippen molar-refractivity contribution in [3.8, 4) is 5.82 Å². The number of hydrogen-bond donors (Lipinski definition) is 3. The molecule has 3 aromatic rings. The van der Waals surface area contributed by atoms with Crippen molar-refractivity contribution in [1.29, 1.82) is 0 Å². The molecule has 1 amide bonds. The van der Waals surface area contributed by atoms with E-state index in [2.05, 4.69) is 30.7 Å². The number of pyridine rings is 1. The molecule has 3 heterocycles. The fraction of sp³-hybridized carbons (Fsp3) is 0. The minimum atomic E-state index is -0.722. The third kappa shape index (κ3) is 2.65. The van der Waals surface area contributed by atoms with Crippen LogP contribution in [0.1, 0.15) is 10.5 Å². The van der Waals surface area contributed by atoms with Crippen LogP contribution in [-0.2, 0) is 0 Å². The quantitative estimate of drug-likeness (QED) is 0.602. The van der Waals surface area contributed by atoms with Gasteiger partial charge in [0.1, 0.15) is 11.6 Å². The predicted molar refractivity (Wildman–Crippen MR) is 77.4 cm³/mol. The van der Waals surface area contributed by atoms with E-state index in [-0.39, 0.29) is 11.5 Å². The maximum absolute atomic E-state index is 11.4. The minimum Gasteiger partial charge on any atom is -0.382 e. The average molecular weight is 297 g/mol. The zero-order valence-corrected chi connectivity index (χ0v) is 11.2. The molecule has 22 heavy (non-hydrogen) atoms. The Morgan fingerprint density at radius 3 is 2.68 bits per heavy atom. The molecular formula is C12H11N9O. The monoisotopic (exact) mass is 297 g/mol. The highest BCUT2D eigenvalue weighted by Gasteiger charge is 2.12. The van der Waals surface area contributed by atoms with Crippen LogP contribution in [0.2, 0.25) is 0 Å². The minimum absolute atomic E-state index is 0.0291. The molecule has 10 heteroatoms. The van der Waals surface area contributed by atoms with Crippen LogP contribution in [0.4, 0.5) is 17.3 Å². The topological polar surface area (TPSA) is 151 Å². The van der Waals surface area contributed by atoms with Crippen LogP contribution in [0, 0.1) is 0 Å². The van der Waals surface area contributed by atoms with Crippen LogP contribution < -0.4 is 16.8 Å². The summed E-state index contributed by atoms with van der Waals surface area (Å²) in [6.45, 7) is 0. The van der Waals surface area contributed by atoms with Crippen molar-refractivity contribution >= 4 is 23.2 Å². The van der Waals surface area contributed by atoms with Crippen molar-refractivity contribution in [3.05, 3.63) is 42.4 Å². The van der Waals surface area contributed by atoms with Crippen molar-refractivity contribution in [1.82, 2.24) is 30.2 Å². The first-order valence-corrected chi connectivity index (χ1v) is 6.17. The summed E-state index contributed by atoms with van der Waals surface area (Å²) in [6, 6.07) is 6.65. The Bertz CT molecular complexity index is 815. The number of carbonyl (C=O) groups excluding carboxylic acids is 1. The molecule has 0 saturated heterocycles. The van der Waals surface area contributed by atoms with E-state index in [1.165, 1.54) is 10.9 Å². The zero-order valence-electron chi connectivity index (χ0n) is 11.2. The van der Waals surface area contributed by atoms with Gasteiger partial charge in [-0.15, -0.1) is 15.0 Å². The lowest BCUT2D eigenvalue weighted by atomic mass is 10.3. The lowest BCUT2D eigenvalue weighted by Crippen LogP contribution is -2.17. The Kier molecular flexibility index (Phi) is 3.32. The van der Waals surface area contributed by atoms with Crippen LogP contribution in [0.3, 0.4) is 0 Å². The number of carbonyl (C=O) groups is 1. The second-order valence-corrected chi connectivity index (χ2v) is 4.22. The summed E-state index contributed by atoms with van der Waals surface area (Å²) in [6.07, 6.45) is 3.08. The zero-order chi connectivity index (χ0) is 15.5. The van der Waals surface area contributed by atoms with Crippen molar-refractivity contribution < 1.29 is 4.79 Å². The number of aromatic nitrogens is 6. The SMILES string of the molecule is NC(=O)c1nnc(N)cc1Nc1cccc(-n2nccn2)n1. The summed E-state index contributed by atoms with van der Waals surface area (Å²) in [5, 5.41) is 18.2. The largest absolute Gasteiger partial charge is 0.382 e. The van der Waals surface area contributed by atoms with Gasteiger partial charge in [0.15, 0.2) is 11.5 Å². The molecular weight excluding hydrogens is 286 g/mol. The van der Waals surface area contributed by atoms with Gasteiger partial charge in [-0.3, -0.25) is 4.79 Å². The molecule has 0 aliphatic carbocycles. The molecule has 0 spiro atoms. The predicted octanol–water partition coefficient (Wildman–Crippen LogP) is -0.123. The van der Waals surface area contributed by atoms with E-state index in [0.717, 1.165) is 0 Å². The van der Waals surface area contributed by atoms with E-state index in [4.69, 9.17) is 11.5 Å². The number of nitrogens with zero attached hydrogens (tertiary/aromatic N) is 6. The number of amides is 1. The van der Waals surface area contributed by atoms with E-state index < -0.39 is 5.91 Å². The normalized spacial score (nSPS) is 10.4. The molecule has 0 radical (unpaired) electrons. The summed E-state index contributed by atoms with van der Waals surface area (Å²) in [7, 11) is 0. The number of nitrogens with one attached hydrogen (secondary N) is 1. The molecule has 5 N–H and O–H groups in total. The van der Waals surface area contributed by atoms with Crippen molar-refractivity contribution in [3.63, 3.8) is 0 Å². The lowest BCUT2D eigenvalue weighted by Gasteiger charge is -2.09. The average Bonchev–Trinajstić information content (AvgIpc) is 3.01. The van der Waals surface area contributed by atoms with Gasteiger partial charge in [0.05, 0.1) is 18.1 Å². The van der Waals surface area contributed by atoms with Crippen LogP contribution in [0.25, 0.3) is 5.82 Å². The van der Waals surface area contributed by atoms with Gasteiger partial charge < -0.3 is 16.8 Å². The molecule has 0 fully saturated rings. The standard InChI is InChI=1S/C12H11N9O/c13-8-6-7(11(12(14)22)20-19-8)17-9-2-1-3-10(18-9)21-15-4-5-16-21/h1-6H,(H2,14,22)(H3,13,17,18,19). The molecule has 0 aliphatic rings. The van der Waals surface area contributed by atoms with E-state index in [0.29, 0.717) is 17.3 Å². The Hall–Kier alpha value is -3.56. The van der Waals surface area contributed by atoms with E-state index in [9.17, 15) is 4.79 Å². The highest BCUT2D eigenvalue weighted by molar-refractivity contribution is 5.97. The number of nitrogen functional groups attached to an aromatic ring is 1. The van der Waals surface area contributed by atoms with Gasteiger partial charge >= 0.3 is 0 Å². The first kappa shape index (κ1) is 13.4. The van der Waals surface area contributed by atoms with Crippen LogP contribution >= 0.6 is 0 Å². The van der Waals surface area contributed by atoms with Gasteiger partial charge in [0.25, 0.3) is 5.91 Å². The van der Waals surface area contributed by atoms with E-state index in [1.54, 1.807) is 30.6 Å². The van der Waals surface area contributed by atoms with E-state index >= 15 is 0 Å². The second-order valence-electron chi connectivity index (χ2n) is 4.22. The van der Waals surface area contributed by atoms with Crippen molar-refractivity contribution in [2.24, 2.45) is 5.73 Å². The van der Waals surface area contributed by atoms with Crippen LogP contribution in [0.5, 0.6) is 0 Å². The molecule has 3 aromatic heterocycles. The molecule has 0 aromatic carbocycles. The third-order valence-electron chi connectivity index (χ3n) is 2.67. The summed E-state index contributed by atoms with van der Waals surface area (Å²) in [5.41, 5.74) is 11.1. The van der Waals surface area contributed by atoms with Gasteiger partial charge in [-0.05, 0) is 12.1 Å². The van der Waals surface area contributed by atoms with Crippen LogP contribution in [0.15, 0.2) is 36.7 Å². The number of anilines is 3. The lowest BCUT2D eigenvalue weighted by molar-refractivity contribution is 0.0995. The molecule has 0 aliphatic heterocycles. The van der Waals surface area contributed by atoms with Gasteiger partial charge in [-0.25, -0.2) is 4.98 Å². The van der Waals surface area contributed by atoms with Crippen molar-refractivity contribution in [2.45, 2.75) is 0 Å². The van der Waals surface area contributed by atoms with Gasteiger partial charge in [0.2, 0.25) is 0 Å². The van der Waals surface area contributed by atoms with Gasteiger partial charge in [-0.1, -0.05) is 6.07 Å². The summed E-state index contributed by atoms with van der Waals surface area (Å²) >= 11 is 0. The van der Waals surface area contributed by atoms with Crippen molar-refractivity contribution in [2.75, 3.05) is 11.1 Å². The van der Waals surface area contributed by atoms with Gasteiger partial charge in [0, 0.05) is 6.07 Å².